The van der Waals surface area contributed by atoms with Gasteiger partial charge in [-0.15, -0.1) is 0 Å². The zero-order valence-electron chi connectivity index (χ0n) is 9.05. The van der Waals surface area contributed by atoms with E-state index >= 15 is 0 Å². The van der Waals surface area contributed by atoms with Gasteiger partial charge in [0.15, 0.2) is 17.3 Å². The van der Waals surface area contributed by atoms with Crippen LogP contribution in [0.1, 0.15) is 10.5 Å². The lowest BCUT2D eigenvalue weighted by atomic mass is 10.3. The van der Waals surface area contributed by atoms with E-state index in [0.717, 1.165) is 0 Å². The number of nitrogens with zero attached hydrogens (tertiary/aromatic N) is 2. The molecule has 0 radical (unpaired) electrons. The lowest BCUT2D eigenvalue weighted by molar-refractivity contribution is 0.0717. The number of esters is 1. The summed E-state index contributed by atoms with van der Waals surface area (Å²) in [7, 11) is 1.55. The number of hydrogen-bond donors (Lipinski definition) is 1. The van der Waals surface area contributed by atoms with Gasteiger partial charge in [0.2, 0.25) is 0 Å². The third-order valence-electron chi connectivity index (χ3n) is 2.20. The minimum absolute atomic E-state index is 0.0910. The molecule has 1 aromatic carbocycles. The highest BCUT2D eigenvalue weighted by Gasteiger charge is 2.18. The molecule has 0 aliphatic carbocycles. The first-order valence-electron chi connectivity index (χ1n) is 4.84. The van der Waals surface area contributed by atoms with Crippen LogP contribution in [0.2, 0.25) is 0 Å². The number of hydrogen-bond acceptors (Lipinski definition) is 4. The smallest absolute Gasteiger partial charge is 0.364 e. The third kappa shape index (κ3) is 2.10. The maximum atomic E-state index is 13.3. The predicted molar refractivity (Wildman–Crippen MR) is 59.0 cm³/mol. The zero-order valence-corrected chi connectivity index (χ0v) is 9.05. The first-order chi connectivity index (χ1) is 8.09. The molecule has 17 heavy (non-hydrogen) atoms. The Bertz CT molecular complexity index is 546. The lowest BCUT2D eigenvalue weighted by Crippen LogP contribution is -2.15. The number of nitrogen functional groups attached to an aromatic ring is 1. The van der Waals surface area contributed by atoms with Crippen molar-refractivity contribution in [3.05, 3.63) is 42.0 Å². The van der Waals surface area contributed by atoms with E-state index in [9.17, 15) is 9.18 Å². The fourth-order valence-corrected chi connectivity index (χ4v) is 1.38. The van der Waals surface area contributed by atoms with Crippen molar-refractivity contribution in [2.24, 2.45) is 7.05 Å². The average Bonchev–Trinajstić information content (AvgIpc) is 2.62. The second kappa shape index (κ2) is 4.25. The van der Waals surface area contributed by atoms with E-state index in [1.807, 2.05) is 0 Å². The van der Waals surface area contributed by atoms with Crippen molar-refractivity contribution in [3.63, 3.8) is 0 Å². The minimum atomic E-state index is -0.743. The molecule has 0 aliphatic heterocycles. The van der Waals surface area contributed by atoms with Crippen LogP contribution in [-0.2, 0) is 7.05 Å². The number of rotatable bonds is 2. The number of carbonyl (C=O) groups is 1. The van der Waals surface area contributed by atoms with E-state index in [2.05, 4.69) is 5.10 Å². The largest absolute Gasteiger partial charge is 0.419 e. The molecular weight excluding hydrogens is 225 g/mol. The van der Waals surface area contributed by atoms with E-state index in [1.54, 1.807) is 13.1 Å². The quantitative estimate of drug-likeness (QED) is 0.630. The van der Waals surface area contributed by atoms with Gasteiger partial charge in [0.25, 0.3) is 0 Å². The summed E-state index contributed by atoms with van der Waals surface area (Å²) in [4.78, 5) is 11.7. The van der Waals surface area contributed by atoms with Crippen LogP contribution in [0.4, 0.5) is 10.1 Å². The molecule has 1 heterocycles. The molecule has 1 aromatic heterocycles. The lowest BCUT2D eigenvalue weighted by Gasteiger charge is -2.05. The van der Waals surface area contributed by atoms with Gasteiger partial charge in [-0.1, -0.05) is 12.1 Å². The van der Waals surface area contributed by atoms with Crippen LogP contribution >= 0.6 is 0 Å². The van der Waals surface area contributed by atoms with Gasteiger partial charge in [-0.3, -0.25) is 4.68 Å². The molecule has 0 amide bonds. The van der Waals surface area contributed by atoms with Crippen LogP contribution in [0.25, 0.3) is 0 Å². The van der Waals surface area contributed by atoms with Crippen molar-refractivity contribution >= 4 is 11.7 Å². The first-order valence-corrected chi connectivity index (χ1v) is 4.84. The van der Waals surface area contributed by atoms with E-state index < -0.39 is 11.8 Å². The summed E-state index contributed by atoms with van der Waals surface area (Å²) in [5.41, 5.74) is 5.84. The SMILES string of the molecule is Cn1ncc(N)c1C(=O)Oc1ccccc1F. The number of ether oxygens (including phenoxy) is 1. The number of para-hydroxylation sites is 1. The summed E-state index contributed by atoms with van der Waals surface area (Å²) in [5, 5.41) is 3.80. The van der Waals surface area contributed by atoms with Crippen molar-refractivity contribution in [1.29, 1.82) is 0 Å². The molecule has 0 bridgehead atoms. The third-order valence-corrected chi connectivity index (χ3v) is 2.20. The molecule has 5 nitrogen and oxygen atoms in total. The second-order valence-electron chi connectivity index (χ2n) is 3.39. The molecule has 0 saturated carbocycles. The molecule has 0 unspecified atom stereocenters. The summed E-state index contributed by atoms with van der Waals surface area (Å²) in [6, 6.07) is 5.64. The highest BCUT2D eigenvalue weighted by Crippen LogP contribution is 2.18. The van der Waals surface area contributed by atoms with E-state index in [1.165, 1.54) is 29.1 Å². The van der Waals surface area contributed by atoms with Crippen molar-refractivity contribution in [2.75, 3.05) is 5.73 Å². The fraction of sp³-hybridized carbons (Fsp3) is 0.0909. The van der Waals surface area contributed by atoms with E-state index in [-0.39, 0.29) is 17.1 Å². The van der Waals surface area contributed by atoms with Crippen molar-refractivity contribution < 1.29 is 13.9 Å². The number of anilines is 1. The summed E-state index contributed by atoms with van der Waals surface area (Å²) in [6.07, 6.45) is 1.33. The fourth-order valence-electron chi connectivity index (χ4n) is 1.38. The number of aryl methyl sites for hydroxylation is 1. The Hall–Kier alpha value is -2.37. The molecule has 88 valence electrons. The van der Waals surface area contributed by atoms with Crippen LogP contribution < -0.4 is 10.5 Å². The predicted octanol–water partition coefficient (Wildman–Crippen LogP) is 1.36. The number of benzene rings is 1. The molecule has 2 rings (SSSR count). The maximum absolute atomic E-state index is 13.3. The molecular formula is C11H10FN3O2. The Morgan fingerprint density at radius 1 is 1.47 bits per heavy atom. The number of carbonyl (C=O) groups excluding carboxylic acids is 1. The van der Waals surface area contributed by atoms with Crippen LogP contribution in [0.15, 0.2) is 30.5 Å². The van der Waals surface area contributed by atoms with Gasteiger partial charge in [-0.05, 0) is 12.1 Å². The average molecular weight is 235 g/mol. The summed E-state index contributed by atoms with van der Waals surface area (Å²) >= 11 is 0. The Kier molecular flexibility index (Phi) is 2.78. The van der Waals surface area contributed by atoms with Crippen LogP contribution in [0.3, 0.4) is 0 Å². The molecule has 0 fully saturated rings. The topological polar surface area (TPSA) is 70.1 Å². The molecule has 6 heteroatoms. The number of nitrogens with two attached hydrogens (primary N) is 1. The van der Waals surface area contributed by atoms with Crippen LogP contribution in [-0.4, -0.2) is 15.7 Å². The molecule has 0 saturated heterocycles. The maximum Gasteiger partial charge on any atom is 0.364 e. The zero-order chi connectivity index (χ0) is 12.4. The van der Waals surface area contributed by atoms with Crippen LogP contribution in [0, 0.1) is 5.82 Å². The van der Waals surface area contributed by atoms with Gasteiger partial charge in [0, 0.05) is 7.05 Å². The molecule has 0 spiro atoms. The normalized spacial score (nSPS) is 10.2. The van der Waals surface area contributed by atoms with Gasteiger partial charge in [-0.2, -0.15) is 5.10 Å². The molecule has 2 aromatic rings. The van der Waals surface area contributed by atoms with Gasteiger partial charge < -0.3 is 10.5 Å². The van der Waals surface area contributed by atoms with Crippen molar-refractivity contribution in [1.82, 2.24) is 9.78 Å². The monoisotopic (exact) mass is 235 g/mol. The Balaban J connectivity index is 2.27. The van der Waals surface area contributed by atoms with E-state index in [0.29, 0.717) is 0 Å². The first kappa shape index (κ1) is 11.1. The molecule has 0 aliphatic rings. The standard InChI is InChI=1S/C11H10FN3O2/c1-15-10(8(13)6-14-15)11(16)17-9-5-3-2-4-7(9)12/h2-6H,13H2,1H3. The van der Waals surface area contributed by atoms with Gasteiger partial charge in [0.05, 0.1) is 11.9 Å². The molecule has 0 atom stereocenters. The Morgan fingerprint density at radius 3 is 2.76 bits per heavy atom. The summed E-state index contributed by atoms with van der Waals surface area (Å²) < 4.78 is 19.4. The minimum Gasteiger partial charge on any atom is -0.419 e. The van der Waals surface area contributed by atoms with Gasteiger partial charge in [-0.25, -0.2) is 9.18 Å². The van der Waals surface area contributed by atoms with Crippen molar-refractivity contribution in [3.8, 4) is 5.75 Å². The summed E-state index contributed by atoms with van der Waals surface area (Å²) in [5.74, 6) is -1.49. The second-order valence-corrected chi connectivity index (χ2v) is 3.39. The van der Waals surface area contributed by atoms with Crippen molar-refractivity contribution in [2.45, 2.75) is 0 Å². The molecule has 2 N–H and O–H groups in total. The van der Waals surface area contributed by atoms with Crippen LogP contribution in [0.5, 0.6) is 5.75 Å². The van der Waals surface area contributed by atoms with E-state index in [4.69, 9.17) is 10.5 Å². The van der Waals surface area contributed by atoms with Gasteiger partial charge in [0.1, 0.15) is 0 Å². The number of halogens is 1. The highest BCUT2D eigenvalue weighted by molar-refractivity contribution is 5.94. The van der Waals surface area contributed by atoms with Gasteiger partial charge >= 0.3 is 5.97 Å². The Morgan fingerprint density at radius 2 is 2.18 bits per heavy atom. The number of aromatic nitrogens is 2. The summed E-state index contributed by atoms with van der Waals surface area (Å²) in [6.45, 7) is 0. The Labute approximate surface area is 96.6 Å². The highest BCUT2D eigenvalue weighted by atomic mass is 19.1.